The number of rotatable bonds is 7. The van der Waals surface area contributed by atoms with E-state index in [0.29, 0.717) is 23.3 Å². The summed E-state index contributed by atoms with van der Waals surface area (Å²) in [5, 5.41) is 9.86. The van der Waals surface area contributed by atoms with Crippen molar-refractivity contribution in [2.75, 3.05) is 27.4 Å². The van der Waals surface area contributed by atoms with Crippen LogP contribution in [0.1, 0.15) is 51.5 Å². The summed E-state index contributed by atoms with van der Waals surface area (Å²) in [6.07, 6.45) is 3.12. The largest absolute Gasteiger partial charge is 0.493 e. The molecule has 1 aromatic rings. The van der Waals surface area contributed by atoms with Gasteiger partial charge in [-0.25, -0.2) is 0 Å². The van der Waals surface area contributed by atoms with Crippen molar-refractivity contribution in [3.8, 4) is 17.6 Å². The van der Waals surface area contributed by atoms with Gasteiger partial charge in [-0.05, 0) is 54.2 Å². The van der Waals surface area contributed by atoms with Gasteiger partial charge < -0.3 is 14.2 Å². The molecule has 0 bridgehead atoms. The summed E-state index contributed by atoms with van der Waals surface area (Å²) < 4.78 is 16.5. The lowest BCUT2D eigenvalue weighted by Crippen LogP contribution is -2.39. The molecule has 1 aliphatic rings. The fraction of sp³-hybridized carbons (Fsp3) is 0.667. The highest BCUT2D eigenvalue weighted by Gasteiger charge is 2.40. The van der Waals surface area contributed by atoms with Gasteiger partial charge in [-0.15, -0.1) is 0 Å². The second kappa shape index (κ2) is 8.58. The molecule has 3 unspecified atom stereocenters. The van der Waals surface area contributed by atoms with Crippen LogP contribution in [0.15, 0.2) is 18.2 Å². The average Bonchev–Trinajstić information content (AvgIpc) is 2.65. The Balaban J connectivity index is 2.28. The first-order valence-corrected chi connectivity index (χ1v) is 9.15. The van der Waals surface area contributed by atoms with Gasteiger partial charge in [0.15, 0.2) is 11.5 Å². The maximum atomic E-state index is 9.86. The van der Waals surface area contributed by atoms with Gasteiger partial charge in [-0.1, -0.05) is 26.8 Å². The zero-order chi connectivity index (χ0) is 18.4. The van der Waals surface area contributed by atoms with Gasteiger partial charge in [0.05, 0.1) is 26.2 Å². The van der Waals surface area contributed by atoms with Gasteiger partial charge in [0.1, 0.15) is 0 Å². The molecule has 1 aliphatic heterocycles. The molecule has 0 aromatic heterocycles. The quantitative estimate of drug-likeness (QED) is 0.713. The lowest BCUT2D eigenvalue weighted by Gasteiger charge is -2.44. The molecule has 0 aliphatic carbocycles. The van der Waals surface area contributed by atoms with Crippen LogP contribution in [0.3, 0.4) is 0 Å². The summed E-state index contributed by atoms with van der Waals surface area (Å²) >= 11 is 0. The summed E-state index contributed by atoms with van der Waals surface area (Å²) in [6.45, 7) is 8.51. The Hall–Kier alpha value is -1.73. The fourth-order valence-corrected chi connectivity index (χ4v) is 3.88. The standard InChI is InChI=1S/C21H31NO3/c1-15(2)21(3,18-7-6-10-25-14-18)12-17(13-22)16-8-9-19(23-4)20(11-16)24-5/h8-9,11,15,17-18H,6-7,10,12,14H2,1-5H3. The first-order chi connectivity index (χ1) is 12.0. The zero-order valence-electron chi connectivity index (χ0n) is 16.2. The van der Waals surface area contributed by atoms with Gasteiger partial charge in [0.25, 0.3) is 0 Å². The molecule has 4 nitrogen and oxygen atoms in total. The van der Waals surface area contributed by atoms with Crippen molar-refractivity contribution in [2.45, 2.75) is 46.0 Å². The molecule has 0 amide bonds. The molecule has 138 valence electrons. The van der Waals surface area contributed by atoms with Crippen LogP contribution in [0.5, 0.6) is 11.5 Å². The number of benzene rings is 1. The van der Waals surface area contributed by atoms with E-state index in [1.54, 1.807) is 14.2 Å². The highest BCUT2D eigenvalue weighted by atomic mass is 16.5. The van der Waals surface area contributed by atoms with Crippen LogP contribution in [0.4, 0.5) is 0 Å². The van der Waals surface area contributed by atoms with E-state index in [1.807, 2.05) is 18.2 Å². The minimum absolute atomic E-state index is 0.0635. The van der Waals surface area contributed by atoms with E-state index in [4.69, 9.17) is 14.2 Å². The number of nitriles is 1. The Bertz CT molecular complexity index is 602. The van der Waals surface area contributed by atoms with Crippen molar-refractivity contribution in [3.05, 3.63) is 23.8 Å². The number of methoxy groups -OCH3 is 2. The van der Waals surface area contributed by atoms with E-state index in [-0.39, 0.29) is 11.3 Å². The van der Waals surface area contributed by atoms with Crippen LogP contribution in [-0.4, -0.2) is 27.4 Å². The van der Waals surface area contributed by atoms with Crippen molar-refractivity contribution in [1.82, 2.24) is 0 Å². The molecule has 3 atom stereocenters. The molecule has 0 saturated carbocycles. The molecule has 0 spiro atoms. The van der Waals surface area contributed by atoms with Crippen LogP contribution in [0.25, 0.3) is 0 Å². The molecule has 2 rings (SSSR count). The lowest BCUT2D eigenvalue weighted by atomic mass is 9.62. The molecule has 1 aromatic carbocycles. The second-order valence-corrected chi connectivity index (χ2v) is 7.57. The van der Waals surface area contributed by atoms with Crippen molar-refractivity contribution in [2.24, 2.45) is 17.3 Å². The molecule has 4 heteroatoms. The molecule has 1 fully saturated rings. The van der Waals surface area contributed by atoms with Gasteiger partial charge in [0.2, 0.25) is 0 Å². The van der Waals surface area contributed by atoms with E-state index in [2.05, 4.69) is 26.8 Å². The monoisotopic (exact) mass is 345 g/mol. The Morgan fingerprint density at radius 1 is 1.28 bits per heavy atom. The molecular formula is C21H31NO3. The molecule has 1 heterocycles. The Morgan fingerprint density at radius 3 is 2.52 bits per heavy atom. The molecule has 1 saturated heterocycles. The van der Waals surface area contributed by atoms with Crippen LogP contribution in [-0.2, 0) is 4.74 Å². The summed E-state index contributed by atoms with van der Waals surface area (Å²) in [4.78, 5) is 0. The van der Waals surface area contributed by atoms with Crippen LogP contribution in [0.2, 0.25) is 0 Å². The van der Waals surface area contributed by atoms with Crippen LogP contribution < -0.4 is 9.47 Å². The second-order valence-electron chi connectivity index (χ2n) is 7.57. The van der Waals surface area contributed by atoms with Crippen molar-refractivity contribution >= 4 is 0 Å². The molecule has 25 heavy (non-hydrogen) atoms. The summed E-state index contributed by atoms with van der Waals surface area (Å²) in [5.41, 5.74) is 1.05. The maximum Gasteiger partial charge on any atom is 0.161 e. The van der Waals surface area contributed by atoms with E-state index < -0.39 is 0 Å². The fourth-order valence-electron chi connectivity index (χ4n) is 3.88. The molecular weight excluding hydrogens is 314 g/mol. The first kappa shape index (κ1) is 19.6. The number of ether oxygens (including phenoxy) is 3. The molecule has 0 radical (unpaired) electrons. The van der Waals surface area contributed by atoms with Gasteiger partial charge >= 0.3 is 0 Å². The van der Waals surface area contributed by atoms with Crippen LogP contribution >= 0.6 is 0 Å². The average molecular weight is 345 g/mol. The number of hydrogen-bond donors (Lipinski definition) is 0. The smallest absolute Gasteiger partial charge is 0.161 e. The van der Waals surface area contributed by atoms with Gasteiger partial charge in [-0.2, -0.15) is 5.26 Å². The third-order valence-electron chi connectivity index (χ3n) is 6.02. The number of nitrogens with zero attached hydrogens (tertiary/aromatic N) is 1. The minimum Gasteiger partial charge on any atom is -0.493 e. The summed E-state index contributed by atoms with van der Waals surface area (Å²) in [6, 6.07) is 8.32. The highest BCUT2D eigenvalue weighted by molar-refractivity contribution is 5.45. The van der Waals surface area contributed by atoms with E-state index >= 15 is 0 Å². The zero-order valence-corrected chi connectivity index (χ0v) is 16.2. The predicted octanol–water partition coefficient (Wildman–Crippen LogP) is 4.79. The SMILES string of the molecule is COc1ccc(C(C#N)CC(C)(C(C)C)C2CCCOC2)cc1OC. The third-order valence-corrected chi connectivity index (χ3v) is 6.02. The normalized spacial score (nSPS) is 21.2. The lowest BCUT2D eigenvalue weighted by molar-refractivity contribution is -0.0280. The number of hydrogen-bond acceptors (Lipinski definition) is 4. The van der Waals surface area contributed by atoms with E-state index in [0.717, 1.165) is 31.6 Å². The van der Waals surface area contributed by atoms with Crippen LogP contribution in [0, 0.1) is 28.6 Å². The predicted molar refractivity (Wildman–Crippen MR) is 99.0 cm³/mol. The van der Waals surface area contributed by atoms with E-state index in [1.165, 1.54) is 6.42 Å². The van der Waals surface area contributed by atoms with Crippen molar-refractivity contribution in [1.29, 1.82) is 5.26 Å². The van der Waals surface area contributed by atoms with Crippen molar-refractivity contribution in [3.63, 3.8) is 0 Å². The maximum absolute atomic E-state index is 9.86. The van der Waals surface area contributed by atoms with Crippen molar-refractivity contribution < 1.29 is 14.2 Å². The van der Waals surface area contributed by atoms with Gasteiger partial charge in [0, 0.05) is 13.2 Å². The van der Waals surface area contributed by atoms with E-state index in [9.17, 15) is 5.26 Å². The topological polar surface area (TPSA) is 51.5 Å². The summed E-state index contributed by atoms with van der Waals surface area (Å²) in [7, 11) is 3.25. The van der Waals surface area contributed by atoms with Gasteiger partial charge in [-0.3, -0.25) is 0 Å². The summed E-state index contributed by atoms with van der Waals surface area (Å²) in [5.74, 6) is 2.17. The molecule has 0 N–H and O–H groups in total. The minimum atomic E-state index is -0.172. The Kier molecular flexibility index (Phi) is 6.72. The third kappa shape index (κ3) is 4.27. The highest BCUT2D eigenvalue weighted by Crippen LogP contribution is 2.47. The Morgan fingerprint density at radius 2 is 2.00 bits per heavy atom. The first-order valence-electron chi connectivity index (χ1n) is 9.15. The Labute approximate surface area is 152 Å².